The molecule has 2 heterocycles. The zero-order chi connectivity index (χ0) is 13.8. The standard InChI is InChI=1S/C13H15N3O2S2/c1-2-14-10(6-19-13-15-7-16-20-13)9-3-4-11-12(5-9)18-8-17-11/h3-5,7,10,14H,2,6,8H2,1H3. The molecule has 0 bridgehead atoms. The smallest absolute Gasteiger partial charge is 0.231 e. The topological polar surface area (TPSA) is 56.3 Å². The molecule has 1 aliphatic heterocycles. The third kappa shape index (κ3) is 3.05. The van der Waals surface area contributed by atoms with Crippen LogP contribution in [0.3, 0.4) is 0 Å². The number of rotatable bonds is 6. The Labute approximate surface area is 125 Å². The van der Waals surface area contributed by atoms with E-state index in [0.717, 1.165) is 28.1 Å². The minimum Gasteiger partial charge on any atom is -0.454 e. The Hall–Kier alpha value is -1.31. The SMILES string of the molecule is CCNC(CSc1ncns1)c1ccc2c(c1)OCO2. The third-order valence-electron chi connectivity index (χ3n) is 2.96. The average Bonchev–Trinajstić information content (AvgIpc) is 3.13. The molecule has 0 radical (unpaired) electrons. The van der Waals surface area contributed by atoms with Crippen molar-refractivity contribution in [2.45, 2.75) is 17.3 Å². The number of thioether (sulfide) groups is 1. The maximum absolute atomic E-state index is 5.44. The van der Waals surface area contributed by atoms with Gasteiger partial charge in [-0.2, -0.15) is 4.37 Å². The molecule has 0 fully saturated rings. The summed E-state index contributed by atoms with van der Waals surface area (Å²) in [6.45, 7) is 3.33. The number of aromatic nitrogens is 2. The van der Waals surface area contributed by atoms with Crippen LogP contribution in [0.2, 0.25) is 0 Å². The van der Waals surface area contributed by atoms with Crippen LogP contribution in [0.25, 0.3) is 0 Å². The van der Waals surface area contributed by atoms with Crippen LogP contribution in [0.5, 0.6) is 11.5 Å². The Morgan fingerprint density at radius 3 is 3.10 bits per heavy atom. The van der Waals surface area contributed by atoms with Crippen molar-refractivity contribution in [2.24, 2.45) is 0 Å². The summed E-state index contributed by atoms with van der Waals surface area (Å²) in [6, 6.07) is 6.36. The van der Waals surface area contributed by atoms with E-state index in [-0.39, 0.29) is 6.04 Å². The molecule has 0 saturated heterocycles. The van der Waals surface area contributed by atoms with Crippen molar-refractivity contribution >= 4 is 23.3 Å². The van der Waals surface area contributed by atoms with Gasteiger partial charge in [0.05, 0.1) is 0 Å². The monoisotopic (exact) mass is 309 g/mol. The number of hydrogen-bond acceptors (Lipinski definition) is 7. The maximum Gasteiger partial charge on any atom is 0.231 e. The van der Waals surface area contributed by atoms with Crippen LogP contribution in [0, 0.1) is 0 Å². The summed E-state index contributed by atoms with van der Waals surface area (Å²) >= 11 is 3.14. The largest absolute Gasteiger partial charge is 0.454 e. The average molecular weight is 309 g/mol. The van der Waals surface area contributed by atoms with Crippen molar-refractivity contribution in [3.63, 3.8) is 0 Å². The first-order valence-electron chi connectivity index (χ1n) is 6.39. The zero-order valence-electron chi connectivity index (χ0n) is 11.0. The number of ether oxygens (including phenoxy) is 2. The van der Waals surface area contributed by atoms with Gasteiger partial charge >= 0.3 is 0 Å². The van der Waals surface area contributed by atoms with E-state index in [0.29, 0.717) is 6.79 Å². The molecule has 0 saturated carbocycles. The lowest BCUT2D eigenvalue weighted by atomic mass is 10.1. The molecule has 1 aliphatic rings. The Kier molecular flexibility index (Phi) is 4.39. The van der Waals surface area contributed by atoms with Crippen LogP contribution in [0.1, 0.15) is 18.5 Å². The number of hydrogen-bond donors (Lipinski definition) is 1. The summed E-state index contributed by atoms with van der Waals surface area (Å²) in [5, 5.41) is 3.49. The Morgan fingerprint density at radius 2 is 2.30 bits per heavy atom. The second-order valence-corrected chi connectivity index (χ2v) is 6.29. The van der Waals surface area contributed by atoms with Crippen LogP contribution in [0.15, 0.2) is 28.9 Å². The molecule has 3 rings (SSSR count). The first kappa shape index (κ1) is 13.7. The zero-order valence-corrected chi connectivity index (χ0v) is 12.7. The van der Waals surface area contributed by atoms with E-state index in [4.69, 9.17) is 9.47 Å². The maximum atomic E-state index is 5.44. The van der Waals surface area contributed by atoms with Crippen LogP contribution < -0.4 is 14.8 Å². The van der Waals surface area contributed by atoms with Gasteiger partial charge in [-0.15, -0.1) is 0 Å². The molecule has 2 aromatic rings. The van der Waals surface area contributed by atoms with Crippen LogP contribution in [-0.4, -0.2) is 28.4 Å². The number of fused-ring (bicyclic) bond motifs is 1. The van der Waals surface area contributed by atoms with Crippen LogP contribution >= 0.6 is 23.3 Å². The Bertz CT molecular complexity index is 563. The summed E-state index contributed by atoms with van der Waals surface area (Å²) in [4.78, 5) is 4.20. The van der Waals surface area contributed by atoms with Crippen molar-refractivity contribution in [3.8, 4) is 11.5 Å². The first-order valence-corrected chi connectivity index (χ1v) is 8.15. The van der Waals surface area contributed by atoms with E-state index >= 15 is 0 Å². The predicted molar refractivity (Wildman–Crippen MR) is 79.6 cm³/mol. The molecule has 1 atom stereocenters. The molecular formula is C13H15N3O2S2. The Balaban J connectivity index is 1.72. The van der Waals surface area contributed by atoms with Gasteiger partial charge in [-0.3, -0.25) is 0 Å². The number of nitrogens with one attached hydrogen (secondary N) is 1. The van der Waals surface area contributed by atoms with E-state index in [1.165, 1.54) is 17.1 Å². The van der Waals surface area contributed by atoms with E-state index in [1.54, 1.807) is 18.1 Å². The van der Waals surface area contributed by atoms with Crippen molar-refractivity contribution in [3.05, 3.63) is 30.1 Å². The van der Waals surface area contributed by atoms with E-state index in [9.17, 15) is 0 Å². The summed E-state index contributed by atoms with van der Waals surface area (Å²) in [7, 11) is 0. The fourth-order valence-corrected chi connectivity index (χ4v) is 3.59. The van der Waals surface area contributed by atoms with Gasteiger partial charge in [0, 0.05) is 11.8 Å². The fourth-order valence-electron chi connectivity index (χ4n) is 2.03. The number of nitrogens with zero attached hydrogens (tertiary/aromatic N) is 2. The molecule has 1 unspecified atom stereocenters. The highest BCUT2D eigenvalue weighted by atomic mass is 32.2. The lowest BCUT2D eigenvalue weighted by Crippen LogP contribution is -2.22. The molecule has 5 nitrogen and oxygen atoms in total. The van der Waals surface area contributed by atoms with Gasteiger partial charge in [0.25, 0.3) is 0 Å². The molecule has 0 aliphatic carbocycles. The van der Waals surface area contributed by atoms with Gasteiger partial charge in [-0.1, -0.05) is 24.8 Å². The molecule has 106 valence electrons. The third-order valence-corrected chi connectivity index (χ3v) is 4.85. The minimum atomic E-state index is 0.253. The fraction of sp³-hybridized carbons (Fsp3) is 0.385. The highest BCUT2D eigenvalue weighted by molar-refractivity contribution is 8.00. The highest BCUT2D eigenvalue weighted by Crippen LogP contribution is 2.35. The van der Waals surface area contributed by atoms with E-state index in [2.05, 4.69) is 33.7 Å². The van der Waals surface area contributed by atoms with Crippen LogP contribution in [0.4, 0.5) is 0 Å². The molecule has 20 heavy (non-hydrogen) atoms. The molecule has 7 heteroatoms. The van der Waals surface area contributed by atoms with Crippen LogP contribution in [-0.2, 0) is 0 Å². The van der Waals surface area contributed by atoms with Gasteiger partial charge in [0.15, 0.2) is 15.8 Å². The van der Waals surface area contributed by atoms with Crippen molar-refractivity contribution in [1.29, 1.82) is 0 Å². The molecule has 0 amide bonds. The van der Waals surface area contributed by atoms with Gasteiger partial charge in [-0.05, 0) is 35.8 Å². The first-order chi connectivity index (χ1) is 9.86. The lowest BCUT2D eigenvalue weighted by Gasteiger charge is -2.17. The summed E-state index contributed by atoms with van der Waals surface area (Å²) < 4.78 is 15.8. The van der Waals surface area contributed by atoms with Gasteiger partial charge < -0.3 is 14.8 Å². The summed E-state index contributed by atoms with van der Waals surface area (Å²) in [5.41, 5.74) is 1.20. The highest BCUT2D eigenvalue weighted by Gasteiger charge is 2.18. The van der Waals surface area contributed by atoms with Gasteiger partial charge in [0.2, 0.25) is 6.79 Å². The molecule has 0 spiro atoms. The van der Waals surface area contributed by atoms with E-state index in [1.807, 2.05) is 6.07 Å². The Morgan fingerprint density at radius 1 is 1.40 bits per heavy atom. The quantitative estimate of drug-likeness (QED) is 0.828. The van der Waals surface area contributed by atoms with Crippen molar-refractivity contribution < 1.29 is 9.47 Å². The molecule has 1 N–H and O–H groups in total. The second kappa shape index (κ2) is 6.43. The molecule has 1 aromatic heterocycles. The van der Waals surface area contributed by atoms with Crippen molar-refractivity contribution in [2.75, 3.05) is 19.1 Å². The van der Waals surface area contributed by atoms with Gasteiger partial charge in [0.1, 0.15) is 6.33 Å². The van der Waals surface area contributed by atoms with E-state index < -0.39 is 0 Å². The summed E-state index contributed by atoms with van der Waals surface area (Å²) in [5.74, 6) is 2.55. The second-order valence-electron chi connectivity index (χ2n) is 4.24. The molecular weight excluding hydrogens is 294 g/mol. The molecule has 1 aromatic carbocycles. The van der Waals surface area contributed by atoms with Gasteiger partial charge in [-0.25, -0.2) is 4.98 Å². The lowest BCUT2D eigenvalue weighted by molar-refractivity contribution is 0.174. The summed E-state index contributed by atoms with van der Waals surface area (Å²) in [6.07, 6.45) is 1.59. The predicted octanol–water partition coefficient (Wildman–Crippen LogP) is 2.71. The minimum absolute atomic E-state index is 0.253. The number of benzene rings is 1. The normalized spacial score (nSPS) is 14.4. The van der Waals surface area contributed by atoms with Crippen molar-refractivity contribution in [1.82, 2.24) is 14.7 Å².